The van der Waals surface area contributed by atoms with Crippen LogP contribution in [0.15, 0.2) is 48.5 Å². The van der Waals surface area contributed by atoms with E-state index in [1.165, 1.54) is 11.0 Å². The maximum Gasteiger partial charge on any atom is 0.416 e. The Morgan fingerprint density at radius 2 is 1.81 bits per heavy atom. The van der Waals surface area contributed by atoms with E-state index >= 15 is 0 Å². The van der Waals surface area contributed by atoms with Gasteiger partial charge in [-0.1, -0.05) is 37.3 Å². The summed E-state index contributed by atoms with van der Waals surface area (Å²) < 4.78 is 44.4. The molecule has 2 rings (SSSR count). The van der Waals surface area contributed by atoms with Crippen molar-refractivity contribution in [2.75, 3.05) is 25.5 Å². The lowest BCUT2D eigenvalue weighted by molar-refractivity contribution is -0.137. The summed E-state index contributed by atoms with van der Waals surface area (Å²) in [6.07, 6.45) is -3.98. The molecule has 0 spiro atoms. The fraction of sp³-hybridized carbons (Fsp3) is 0.364. The van der Waals surface area contributed by atoms with Crippen molar-refractivity contribution >= 4 is 17.6 Å². The van der Waals surface area contributed by atoms with Crippen molar-refractivity contribution in [1.82, 2.24) is 10.2 Å². The Hall–Kier alpha value is -3.23. The van der Waals surface area contributed by atoms with Crippen molar-refractivity contribution in [3.63, 3.8) is 0 Å². The summed E-state index contributed by atoms with van der Waals surface area (Å²) in [6.45, 7) is 2.60. The maximum absolute atomic E-state index is 13.0. The molecule has 0 radical (unpaired) electrons. The molecule has 0 saturated heterocycles. The molecule has 31 heavy (non-hydrogen) atoms. The third-order valence-electron chi connectivity index (χ3n) is 4.28. The molecule has 0 heterocycles. The Kier molecular flexibility index (Phi) is 8.72. The molecule has 2 aromatic rings. The molecule has 6 nitrogen and oxygen atoms in total. The molecule has 2 aromatic carbocycles. The molecule has 0 fully saturated rings. The van der Waals surface area contributed by atoms with Gasteiger partial charge in [0.15, 0.2) is 0 Å². The lowest BCUT2D eigenvalue weighted by Crippen LogP contribution is -2.38. The molecule has 168 valence electrons. The Labute approximate surface area is 179 Å². The number of amides is 3. The molecule has 0 saturated carbocycles. The highest BCUT2D eigenvalue weighted by Crippen LogP contribution is 2.35. The third kappa shape index (κ3) is 7.84. The lowest BCUT2D eigenvalue weighted by atomic mass is 10.1. The van der Waals surface area contributed by atoms with Gasteiger partial charge in [0.05, 0.1) is 17.9 Å². The zero-order valence-electron chi connectivity index (χ0n) is 17.5. The Balaban J connectivity index is 1.90. The predicted molar refractivity (Wildman–Crippen MR) is 112 cm³/mol. The molecule has 0 bridgehead atoms. The molecule has 2 N–H and O–H groups in total. The summed E-state index contributed by atoms with van der Waals surface area (Å²) in [6, 6.07) is 12.0. The molecule has 0 aliphatic carbocycles. The first-order valence-corrected chi connectivity index (χ1v) is 9.87. The minimum absolute atomic E-state index is 0.0356. The standard InChI is InChI=1S/C22H26F3N3O3/c1-3-13-31-19-10-9-17(22(23,24)25)14-18(19)27-20(29)11-12-26-21(30)28(2)15-16-7-5-4-6-8-16/h4-10,14H,3,11-13,15H2,1-2H3,(H,26,30)(H,27,29). The van der Waals surface area contributed by atoms with Crippen LogP contribution in [0.3, 0.4) is 0 Å². The number of carbonyl (C=O) groups excluding carboxylic acids is 2. The molecule has 0 aliphatic heterocycles. The summed E-state index contributed by atoms with van der Waals surface area (Å²) in [5.74, 6) is -0.374. The second kappa shape index (κ2) is 11.2. The van der Waals surface area contributed by atoms with E-state index in [4.69, 9.17) is 4.74 Å². The normalized spacial score (nSPS) is 11.0. The maximum atomic E-state index is 13.0. The van der Waals surface area contributed by atoms with Crippen molar-refractivity contribution < 1.29 is 27.5 Å². The number of hydrogen-bond donors (Lipinski definition) is 2. The van der Waals surface area contributed by atoms with Crippen molar-refractivity contribution in [2.45, 2.75) is 32.5 Å². The van der Waals surface area contributed by atoms with Gasteiger partial charge in [0.2, 0.25) is 5.91 Å². The zero-order valence-corrected chi connectivity index (χ0v) is 17.5. The smallest absolute Gasteiger partial charge is 0.416 e. The SMILES string of the molecule is CCCOc1ccc(C(F)(F)F)cc1NC(=O)CCNC(=O)N(C)Cc1ccccc1. The largest absolute Gasteiger partial charge is 0.491 e. The van der Waals surface area contributed by atoms with E-state index in [1.54, 1.807) is 7.05 Å². The van der Waals surface area contributed by atoms with Gasteiger partial charge in [0, 0.05) is 26.6 Å². The van der Waals surface area contributed by atoms with Crippen molar-refractivity contribution in [2.24, 2.45) is 0 Å². The fourth-order valence-electron chi connectivity index (χ4n) is 2.70. The van der Waals surface area contributed by atoms with Gasteiger partial charge in [-0.25, -0.2) is 4.79 Å². The van der Waals surface area contributed by atoms with Crippen molar-refractivity contribution in [3.05, 3.63) is 59.7 Å². The van der Waals surface area contributed by atoms with Crippen LogP contribution in [0.2, 0.25) is 0 Å². The lowest BCUT2D eigenvalue weighted by Gasteiger charge is -2.18. The highest BCUT2D eigenvalue weighted by Gasteiger charge is 2.31. The number of alkyl halides is 3. The number of benzene rings is 2. The summed E-state index contributed by atoms with van der Waals surface area (Å²) in [5.41, 5.74) is 0.0188. The van der Waals surface area contributed by atoms with Gasteiger partial charge < -0.3 is 20.3 Å². The number of ether oxygens (including phenoxy) is 1. The summed E-state index contributed by atoms with van der Waals surface area (Å²) in [5, 5.41) is 5.06. The second-order valence-corrected chi connectivity index (χ2v) is 6.93. The van der Waals surface area contributed by atoms with Crippen molar-refractivity contribution in [1.29, 1.82) is 0 Å². The molecule has 3 amide bonds. The van der Waals surface area contributed by atoms with Crippen LogP contribution in [0.5, 0.6) is 5.75 Å². The van der Waals surface area contributed by atoms with Crippen LogP contribution in [0.4, 0.5) is 23.7 Å². The molecule has 0 atom stereocenters. The number of halogens is 3. The van der Waals surface area contributed by atoms with Gasteiger partial charge >= 0.3 is 12.2 Å². The van der Waals surface area contributed by atoms with E-state index in [9.17, 15) is 22.8 Å². The van der Waals surface area contributed by atoms with E-state index in [2.05, 4.69) is 10.6 Å². The average Bonchev–Trinajstić information content (AvgIpc) is 2.72. The number of nitrogens with one attached hydrogen (secondary N) is 2. The highest BCUT2D eigenvalue weighted by molar-refractivity contribution is 5.92. The van der Waals surface area contributed by atoms with Gasteiger partial charge in [-0.05, 0) is 30.2 Å². The van der Waals surface area contributed by atoms with E-state index in [1.807, 2.05) is 37.3 Å². The molecule has 0 aliphatic rings. The van der Waals surface area contributed by atoms with Crippen LogP contribution in [-0.4, -0.2) is 37.0 Å². The molecule has 0 aromatic heterocycles. The molecular weight excluding hydrogens is 411 g/mol. The average molecular weight is 437 g/mol. The molecule has 9 heteroatoms. The van der Waals surface area contributed by atoms with Crippen LogP contribution in [0.1, 0.15) is 30.9 Å². The van der Waals surface area contributed by atoms with Crippen molar-refractivity contribution in [3.8, 4) is 5.75 Å². The fourth-order valence-corrected chi connectivity index (χ4v) is 2.70. The van der Waals surface area contributed by atoms with E-state index in [-0.39, 0.29) is 30.4 Å². The number of urea groups is 1. The zero-order chi connectivity index (χ0) is 22.9. The number of rotatable bonds is 9. The summed E-state index contributed by atoms with van der Waals surface area (Å²) in [7, 11) is 1.63. The van der Waals surface area contributed by atoms with Gasteiger partial charge in [-0.15, -0.1) is 0 Å². The van der Waals surface area contributed by atoms with Gasteiger partial charge in [0.1, 0.15) is 5.75 Å². The minimum Gasteiger partial charge on any atom is -0.491 e. The van der Waals surface area contributed by atoms with Gasteiger partial charge in [-0.3, -0.25) is 4.79 Å². The number of carbonyl (C=O) groups is 2. The number of nitrogens with zero attached hydrogens (tertiary/aromatic N) is 1. The Bertz CT molecular complexity index is 873. The van der Waals surface area contributed by atoms with Crippen LogP contribution in [0, 0.1) is 0 Å². The van der Waals surface area contributed by atoms with Crippen LogP contribution in [-0.2, 0) is 17.5 Å². The molecule has 0 unspecified atom stereocenters. The Morgan fingerprint density at radius 3 is 2.45 bits per heavy atom. The first kappa shape index (κ1) is 24.0. The second-order valence-electron chi connectivity index (χ2n) is 6.93. The number of hydrogen-bond acceptors (Lipinski definition) is 3. The summed E-state index contributed by atoms with van der Waals surface area (Å²) in [4.78, 5) is 25.9. The van der Waals surface area contributed by atoms with Crippen LogP contribution in [0.25, 0.3) is 0 Å². The molecular formula is C22H26F3N3O3. The third-order valence-corrected chi connectivity index (χ3v) is 4.28. The minimum atomic E-state index is -4.54. The highest BCUT2D eigenvalue weighted by atomic mass is 19.4. The first-order valence-electron chi connectivity index (χ1n) is 9.87. The van der Waals surface area contributed by atoms with Crippen LogP contribution < -0.4 is 15.4 Å². The first-order chi connectivity index (χ1) is 14.7. The van der Waals surface area contributed by atoms with E-state index in [0.29, 0.717) is 19.6 Å². The van der Waals surface area contributed by atoms with Gasteiger partial charge in [-0.2, -0.15) is 13.2 Å². The van der Waals surface area contributed by atoms with E-state index in [0.717, 1.165) is 17.7 Å². The Morgan fingerprint density at radius 1 is 1.10 bits per heavy atom. The van der Waals surface area contributed by atoms with Gasteiger partial charge in [0.25, 0.3) is 0 Å². The van der Waals surface area contributed by atoms with Crippen LogP contribution >= 0.6 is 0 Å². The predicted octanol–water partition coefficient (Wildman–Crippen LogP) is 4.66. The summed E-state index contributed by atoms with van der Waals surface area (Å²) >= 11 is 0. The topological polar surface area (TPSA) is 70.7 Å². The van der Waals surface area contributed by atoms with E-state index < -0.39 is 17.6 Å². The number of anilines is 1. The monoisotopic (exact) mass is 437 g/mol. The quantitative estimate of drug-likeness (QED) is 0.599.